The lowest BCUT2D eigenvalue weighted by molar-refractivity contribution is 0.150. The first-order chi connectivity index (χ1) is 21.5. The van der Waals surface area contributed by atoms with E-state index in [1.165, 1.54) is 78.0 Å². The van der Waals surface area contributed by atoms with E-state index in [4.69, 9.17) is 9.97 Å². The summed E-state index contributed by atoms with van der Waals surface area (Å²) in [5, 5.41) is 17.1. The van der Waals surface area contributed by atoms with Gasteiger partial charge in [0.05, 0.1) is 12.2 Å². The number of aryl methyl sites for hydroxylation is 2. The molecule has 0 radical (unpaired) electrons. The number of phenols is 1. The van der Waals surface area contributed by atoms with Gasteiger partial charge < -0.3 is 25.1 Å². The molecule has 5 fully saturated rings. The lowest BCUT2D eigenvalue weighted by Gasteiger charge is -2.46. The fourth-order valence-corrected chi connectivity index (χ4v) is 9.79. The summed E-state index contributed by atoms with van der Waals surface area (Å²) in [7, 11) is 0. The molecule has 10 rings (SSSR count). The Morgan fingerprint density at radius 2 is 1.68 bits per heavy atom. The van der Waals surface area contributed by atoms with Crippen LogP contribution in [0.2, 0.25) is 0 Å². The highest BCUT2D eigenvalue weighted by atomic mass is 16.3. The second-order valence-corrected chi connectivity index (χ2v) is 15.2. The van der Waals surface area contributed by atoms with Gasteiger partial charge in [0.1, 0.15) is 11.6 Å². The maximum absolute atomic E-state index is 10.8. The molecule has 4 saturated heterocycles. The van der Waals surface area contributed by atoms with Crippen molar-refractivity contribution in [2.45, 2.75) is 76.5 Å². The largest absolute Gasteiger partial charge is 0.508 e. The summed E-state index contributed by atoms with van der Waals surface area (Å²) in [6, 6.07) is 10.2. The number of nitrogens with one attached hydrogen (secondary N) is 1. The van der Waals surface area contributed by atoms with Gasteiger partial charge in [0.25, 0.3) is 0 Å². The zero-order chi connectivity index (χ0) is 29.1. The summed E-state index contributed by atoms with van der Waals surface area (Å²) >= 11 is 0. The van der Waals surface area contributed by atoms with Gasteiger partial charge in [-0.15, -0.1) is 0 Å². The molecule has 1 saturated carbocycles. The lowest BCUT2D eigenvalue weighted by atomic mass is 9.91. The summed E-state index contributed by atoms with van der Waals surface area (Å²) in [4.78, 5) is 21.0. The van der Waals surface area contributed by atoms with Crippen LogP contribution in [0.5, 0.6) is 5.75 Å². The zero-order valence-electron chi connectivity index (χ0n) is 26.0. The quantitative estimate of drug-likeness (QED) is 0.460. The van der Waals surface area contributed by atoms with E-state index in [1.807, 2.05) is 12.1 Å². The molecule has 3 unspecified atom stereocenters. The van der Waals surface area contributed by atoms with Crippen LogP contribution in [0.25, 0.3) is 10.8 Å². The van der Waals surface area contributed by atoms with Crippen molar-refractivity contribution in [2.75, 3.05) is 60.5 Å². The number of likely N-dealkylation sites (tertiary alicyclic amines) is 1. The first-order valence-electron chi connectivity index (χ1n) is 17.5. The van der Waals surface area contributed by atoms with E-state index in [0.29, 0.717) is 29.8 Å². The lowest BCUT2D eigenvalue weighted by Crippen LogP contribution is -2.56. The number of anilines is 3. The smallest absolute Gasteiger partial charge is 0.227 e. The molecule has 5 atom stereocenters. The maximum Gasteiger partial charge on any atom is 0.227 e. The highest BCUT2D eigenvalue weighted by Crippen LogP contribution is 2.47. The molecule has 1 aromatic heterocycles. The van der Waals surface area contributed by atoms with Crippen molar-refractivity contribution in [2.24, 2.45) is 17.8 Å². The van der Waals surface area contributed by atoms with Crippen LogP contribution in [-0.4, -0.2) is 83.9 Å². The van der Waals surface area contributed by atoms with Crippen molar-refractivity contribution < 1.29 is 5.11 Å². The van der Waals surface area contributed by atoms with E-state index < -0.39 is 0 Å². The van der Waals surface area contributed by atoms with E-state index in [0.717, 1.165) is 81.7 Å². The summed E-state index contributed by atoms with van der Waals surface area (Å²) in [6.45, 7) is 11.0. The molecular formula is C36H45N7O. The third kappa shape index (κ3) is 4.16. The van der Waals surface area contributed by atoms with E-state index in [2.05, 4.69) is 44.0 Å². The number of phenolic OH excluding ortho intramolecular Hbond substituents is 1. The van der Waals surface area contributed by atoms with Gasteiger partial charge in [-0.1, -0.05) is 12.1 Å². The van der Waals surface area contributed by atoms with Crippen molar-refractivity contribution in [3.8, 4) is 5.75 Å². The van der Waals surface area contributed by atoms with Crippen molar-refractivity contribution in [1.29, 1.82) is 0 Å². The molecule has 8 nitrogen and oxygen atoms in total. The van der Waals surface area contributed by atoms with Crippen LogP contribution in [0.1, 0.15) is 55.0 Å². The molecule has 7 aliphatic rings. The van der Waals surface area contributed by atoms with Crippen LogP contribution in [0.4, 0.5) is 17.5 Å². The number of nitrogens with zero attached hydrogens (tertiary/aromatic N) is 6. The molecule has 0 amide bonds. The van der Waals surface area contributed by atoms with Gasteiger partial charge in [-0.05, 0) is 86.3 Å². The van der Waals surface area contributed by atoms with E-state index in [1.54, 1.807) is 0 Å². The molecular weight excluding hydrogens is 546 g/mol. The first-order valence-corrected chi connectivity index (χ1v) is 17.5. The zero-order valence-corrected chi connectivity index (χ0v) is 26.0. The fraction of sp³-hybridized carbons (Fsp3) is 0.611. The van der Waals surface area contributed by atoms with Crippen LogP contribution in [0.15, 0.2) is 24.3 Å². The number of fused-ring (bicyclic) bond motifs is 7. The van der Waals surface area contributed by atoms with E-state index in [-0.39, 0.29) is 0 Å². The molecule has 6 heterocycles. The Morgan fingerprint density at radius 1 is 0.864 bits per heavy atom. The van der Waals surface area contributed by atoms with Crippen LogP contribution in [-0.2, 0) is 25.8 Å². The minimum atomic E-state index is 0.354. The minimum Gasteiger partial charge on any atom is -0.508 e. The van der Waals surface area contributed by atoms with E-state index >= 15 is 0 Å². The molecule has 3 aromatic rings. The number of rotatable bonds is 5. The number of benzene rings is 2. The van der Waals surface area contributed by atoms with Crippen molar-refractivity contribution in [3.05, 3.63) is 46.6 Å². The average Bonchev–Trinajstić information content (AvgIpc) is 3.32. The third-order valence-electron chi connectivity index (χ3n) is 12.5. The fourth-order valence-electron chi connectivity index (χ4n) is 9.79. The Kier molecular flexibility index (Phi) is 5.76. The summed E-state index contributed by atoms with van der Waals surface area (Å²) in [6.07, 6.45) is 8.46. The number of piperazine rings is 1. The number of hydrogen-bond donors (Lipinski definition) is 2. The Bertz CT molecular complexity index is 1630. The van der Waals surface area contributed by atoms with Crippen LogP contribution in [0.3, 0.4) is 0 Å². The SMILES string of the molecule is CC(C1CN(c2nc3c(c(N4C[C@H]5CC[C@@H](C4)N5)n2)CCN(c2cc(O)cc4ccc5c(c24)CCC5)C3)C1)N1CC2CC2C1. The standard InChI is InChI=1S/C36H45N7O/c1-21(41-14-24-11-25(24)15-41)26-16-43(17-26)36-38-32-20-40(10-9-31(32)35(39-36)42-18-27-7-8-28(19-42)37-27)33-13-29(44)12-23-6-5-22-3-2-4-30(22)34(23)33/h5-6,12-13,21,24-28,37,44H,2-4,7-11,14-20H2,1H3/t21?,24?,25?,27-,28+. The van der Waals surface area contributed by atoms with Crippen LogP contribution < -0.4 is 20.0 Å². The molecule has 44 heavy (non-hydrogen) atoms. The highest BCUT2D eigenvalue weighted by molar-refractivity contribution is 5.99. The van der Waals surface area contributed by atoms with Gasteiger partial charge in [0.2, 0.25) is 5.95 Å². The minimum absolute atomic E-state index is 0.354. The monoisotopic (exact) mass is 591 g/mol. The van der Waals surface area contributed by atoms with Gasteiger partial charge >= 0.3 is 0 Å². The molecule has 5 aliphatic heterocycles. The van der Waals surface area contributed by atoms with Gasteiger partial charge in [0, 0.05) is 92.6 Å². The average molecular weight is 592 g/mol. The van der Waals surface area contributed by atoms with Gasteiger partial charge in [0.15, 0.2) is 0 Å². The molecule has 0 spiro atoms. The van der Waals surface area contributed by atoms with Crippen molar-refractivity contribution in [3.63, 3.8) is 0 Å². The predicted octanol–water partition coefficient (Wildman–Crippen LogP) is 4.10. The highest BCUT2D eigenvalue weighted by Gasteiger charge is 2.48. The Morgan fingerprint density at radius 3 is 2.50 bits per heavy atom. The molecule has 2 aromatic carbocycles. The van der Waals surface area contributed by atoms with E-state index in [9.17, 15) is 5.11 Å². The number of aromatic nitrogens is 2. The maximum atomic E-state index is 10.8. The van der Waals surface area contributed by atoms with Gasteiger partial charge in [-0.3, -0.25) is 4.90 Å². The molecule has 2 N–H and O–H groups in total. The first kappa shape index (κ1) is 26.1. The number of hydrogen-bond acceptors (Lipinski definition) is 8. The third-order valence-corrected chi connectivity index (χ3v) is 12.5. The number of piperidine rings is 1. The van der Waals surface area contributed by atoms with Crippen molar-refractivity contribution >= 4 is 28.2 Å². The molecule has 230 valence electrons. The Labute approximate surface area is 260 Å². The Hall–Kier alpha value is -3.10. The summed E-state index contributed by atoms with van der Waals surface area (Å²) in [5.74, 6) is 5.15. The predicted molar refractivity (Wildman–Crippen MR) is 175 cm³/mol. The van der Waals surface area contributed by atoms with Gasteiger partial charge in [-0.2, -0.15) is 4.98 Å². The van der Waals surface area contributed by atoms with Crippen molar-refractivity contribution in [1.82, 2.24) is 20.2 Å². The topological polar surface area (TPSA) is 71.0 Å². The molecule has 2 bridgehead atoms. The second-order valence-electron chi connectivity index (χ2n) is 15.2. The number of aromatic hydroxyl groups is 1. The van der Waals surface area contributed by atoms with Gasteiger partial charge in [-0.25, -0.2) is 4.98 Å². The second kappa shape index (κ2) is 9.70. The summed E-state index contributed by atoms with van der Waals surface area (Å²) in [5.41, 5.74) is 6.67. The molecule has 2 aliphatic carbocycles. The van der Waals surface area contributed by atoms with Crippen LogP contribution >= 0.6 is 0 Å². The normalized spacial score (nSPS) is 30.0. The van der Waals surface area contributed by atoms with Crippen LogP contribution in [0, 0.1) is 17.8 Å². The molecule has 8 heteroatoms. The summed E-state index contributed by atoms with van der Waals surface area (Å²) < 4.78 is 0. The Balaban J connectivity index is 0.986.